The van der Waals surface area contributed by atoms with Crippen LogP contribution in [0.25, 0.3) is 0 Å². The fourth-order valence-electron chi connectivity index (χ4n) is 2.97. The Morgan fingerprint density at radius 1 is 1.43 bits per heavy atom. The number of carbonyl (C=O) groups is 3. The summed E-state index contributed by atoms with van der Waals surface area (Å²) in [5, 5.41) is 2.27. The molecule has 3 unspecified atom stereocenters. The van der Waals surface area contributed by atoms with Crippen molar-refractivity contribution in [3.63, 3.8) is 0 Å². The van der Waals surface area contributed by atoms with Crippen molar-refractivity contribution in [1.82, 2.24) is 10.2 Å². The van der Waals surface area contributed by atoms with E-state index >= 15 is 0 Å². The summed E-state index contributed by atoms with van der Waals surface area (Å²) in [7, 11) is 0. The highest BCUT2D eigenvalue weighted by Crippen LogP contribution is 2.50. The minimum absolute atomic E-state index is 0.00315. The van der Waals surface area contributed by atoms with E-state index in [2.05, 4.69) is 24.4 Å². The molecule has 3 atom stereocenters. The summed E-state index contributed by atoms with van der Waals surface area (Å²) in [4.78, 5) is 39.7. The number of thiophene rings is 1. The minimum atomic E-state index is -0.624. The first-order valence-electron chi connectivity index (χ1n) is 7.21. The Morgan fingerprint density at radius 3 is 2.71 bits per heavy atom. The van der Waals surface area contributed by atoms with Gasteiger partial charge in [0.15, 0.2) is 0 Å². The smallest absolute Gasteiger partial charge is 0.249 e. The number of amides is 3. The van der Waals surface area contributed by atoms with Gasteiger partial charge in [-0.15, -0.1) is 11.3 Å². The van der Waals surface area contributed by atoms with Crippen LogP contribution in [0, 0.1) is 12.8 Å². The van der Waals surface area contributed by atoms with Gasteiger partial charge in [-0.25, -0.2) is 0 Å². The van der Waals surface area contributed by atoms with Gasteiger partial charge in [0.1, 0.15) is 6.04 Å². The maximum Gasteiger partial charge on any atom is 0.249 e. The molecule has 1 aliphatic carbocycles. The lowest BCUT2D eigenvalue weighted by Crippen LogP contribution is -2.45. The Kier molecular flexibility index (Phi) is 3.57. The lowest BCUT2D eigenvalue weighted by Gasteiger charge is -2.25. The van der Waals surface area contributed by atoms with Gasteiger partial charge in [-0.3, -0.25) is 19.7 Å². The van der Waals surface area contributed by atoms with E-state index in [0.717, 1.165) is 6.42 Å². The minimum Gasteiger partial charge on any atom is -0.330 e. The number of likely N-dealkylation sites (N-methyl/N-ethyl adjacent to an activating group) is 1. The highest BCUT2D eigenvalue weighted by atomic mass is 32.1. The molecule has 0 bridgehead atoms. The van der Waals surface area contributed by atoms with Gasteiger partial charge in [0.25, 0.3) is 0 Å². The first kappa shape index (κ1) is 14.3. The van der Waals surface area contributed by atoms with E-state index in [1.165, 1.54) is 9.75 Å². The van der Waals surface area contributed by atoms with Gasteiger partial charge in [0, 0.05) is 28.1 Å². The van der Waals surface area contributed by atoms with Crippen LogP contribution in [0.3, 0.4) is 0 Å². The summed E-state index contributed by atoms with van der Waals surface area (Å²) in [5.74, 6) is -0.392. The third-order valence-corrected chi connectivity index (χ3v) is 5.31. The second-order valence-electron chi connectivity index (χ2n) is 5.65. The van der Waals surface area contributed by atoms with Crippen molar-refractivity contribution in [2.24, 2.45) is 5.92 Å². The van der Waals surface area contributed by atoms with Gasteiger partial charge in [-0.1, -0.05) is 0 Å². The van der Waals surface area contributed by atoms with Crippen molar-refractivity contribution < 1.29 is 14.4 Å². The molecule has 1 aliphatic heterocycles. The SMILES string of the molecule is CCN(C(=O)C1CC1c1ccc(C)s1)C1CC(=O)NC1=O. The number of hydrogen-bond donors (Lipinski definition) is 1. The molecular weight excluding hydrogens is 288 g/mol. The Balaban J connectivity index is 1.70. The molecule has 2 heterocycles. The highest BCUT2D eigenvalue weighted by molar-refractivity contribution is 7.12. The van der Waals surface area contributed by atoms with Crippen LogP contribution in [0.1, 0.15) is 35.4 Å². The second kappa shape index (κ2) is 5.26. The Labute approximate surface area is 127 Å². The number of carbonyl (C=O) groups excluding carboxylic acids is 3. The van der Waals surface area contributed by atoms with Crippen molar-refractivity contribution in [3.8, 4) is 0 Å². The zero-order valence-electron chi connectivity index (χ0n) is 12.1. The normalized spacial score (nSPS) is 27.6. The van der Waals surface area contributed by atoms with Gasteiger partial charge in [0.05, 0.1) is 6.42 Å². The molecule has 1 saturated heterocycles. The molecule has 1 N–H and O–H groups in total. The Morgan fingerprint density at radius 2 is 2.19 bits per heavy atom. The molecule has 2 fully saturated rings. The van der Waals surface area contributed by atoms with Crippen LogP contribution in [-0.4, -0.2) is 35.2 Å². The summed E-state index contributed by atoms with van der Waals surface area (Å²) < 4.78 is 0. The molecule has 0 aromatic carbocycles. The molecule has 21 heavy (non-hydrogen) atoms. The lowest BCUT2D eigenvalue weighted by molar-refractivity contribution is -0.139. The second-order valence-corrected chi connectivity index (χ2v) is 6.97. The van der Waals surface area contributed by atoms with Crippen LogP contribution in [0.15, 0.2) is 12.1 Å². The van der Waals surface area contributed by atoms with E-state index < -0.39 is 6.04 Å². The molecule has 3 amide bonds. The van der Waals surface area contributed by atoms with E-state index in [4.69, 9.17) is 0 Å². The third-order valence-electron chi connectivity index (χ3n) is 4.18. The van der Waals surface area contributed by atoms with Crippen LogP contribution in [-0.2, 0) is 14.4 Å². The molecule has 1 aromatic rings. The van der Waals surface area contributed by atoms with Crippen molar-refractivity contribution in [3.05, 3.63) is 21.9 Å². The molecule has 1 saturated carbocycles. The fourth-order valence-corrected chi connectivity index (χ4v) is 4.03. The zero-order valence-corrected chi connectivity index (χ0v) is 12.9. The molecule has 3 rings (SSSR count). The van der Waals surface area contributed by atoms with E-state index in [1.807, 2.05) is 6.92 Å². The average Bonchev–Trinajstić information content (AvgIpc) is 3.02. The summed E-state index contributed by atoms with van der Waals surface area (Å²) in [5.41, 5.74) is 0. The summed E-state index contributed by atoms with van der Waals surface area (Å²) in [6.07, 6.45) is 0.936. The van der Waals surface area contributed by atoms with Crippen LogP contribution in [0.4, 0.5) is 0 Å². The largest absolute Gasteiger partial charge is 0.330 e. The Hall–Kier alpha value is -1.69. The first-order chi connectivity index (χ1) is 10.0. The molecule has 2 aliphatic rings. The van der Waals surface area contributed by atoms with Crippen molar-refractivity contribution in [1.29, 1.82) is 0 Å². The summed E-state index contributed by atoms with van der Waals surface area (Å²) >= 11 is 1.73. The molecule has 6 heteroatoms. The Bertz CT molecular complexity index is 610. The first-order valence-corrected chi connectivity index (χ1v) is 8.03. The average molecular weight is 306 g/mol. The van der Waals surface area contributed by atoms with Crippen molar-refractivity contribution in [2.45, 2.75) is 38.6 Å². The highest BCUT2D eigenvalue weighted by Gasteiger charge is 2.49. The number of nitrogens with zero attached hydrogens (tertiary/aromatic N) is 1. The lowest BCUT2D eigenvalue weighted by atomic mass is 10.1. The molecular formula is C15H18N2O3S. The molecule has 0 spiro atoms. The standard InChI is InChI=1S/C15H18N2O3S/c1-3-17(11-7-13(18)16-14(11)19)15(20)10-6-9(10)12-5-4-8(2)21-12/h4-5,9-11H,3,6-7H2,1-2H3,(H,16,18,19). The van der Waals surface area contributed by atoms with Crippen LogP contribution >= 0.6 is 11.3 Å². The number of aryl methyl sites for hydroxylation is 1. The van der Waals surface area contributed by atoms with Gasteiger partial charge in [-0.2, -0.15) is 0 Å². The van der Waals surface area contributed by atoms with Gasteiger partial charge >= 0.3 is 0 Å². The van der Waals surface area contributed by atoms with Gasteiger partial charge in [0.2, 0.25) is 17.7 Å². The van der Waals surface area contributed by atoms with Crippen LogP contribution in [0.5, 0.6) is 0 Å². The van der Waals surface area contributed by atoms with E-state index in [9.17, 15) is 14.4 Å². The quantitative estimate of drug-likeness (QED) is 0.856. The van der Waals surface area contributed by atoms with Crippen LogP contribution < -0.4 is 5.32 Å². The zero-order chi connectivity index (χ0) is 15.1. The molecule has 0 radical (unpaired) electrons. The molecule has 1 aromatic heterocycles. The topological polar surface area (TPSA) is 66.5 Å². The fraction of sp³-hybridized carbons (Fsp3) is 0.533. The maximum atomic E-state index is 12.6. The van der Waals surface area contributed by atoms with E-state index in [-0.39, 0.29) is 36.0 Å². The maximum absolute atomic E-state index is 12.6. The third kappa shape index (κ3) is 2.60. The predicted octanol–water partition coefficient (Wildman–Crippen LogP) is 1.42. The molecule has 5 nitrogen and oxygen atoms in total. The number of hydrogen-bond acceptors (Lipinski definition) is 4. The summed E-state index contributed by atoms with van der Waals surface area (Å²) in [6, 6.07) is 3.53. The number of rotatable bonds is 4. The van der Waals surface area contributed by atoms with E-state index in [0.29, 0.717) is 6.54 Å². The summed E-state index contributed by atoms with van der Waals surface area (Å²) in [6.45, 7) is 4.36. The van der Waals surface area contributed by atoms with Gasteiger partial charge in [-0.05, 0) is 32.4 Å². The number of imide groups is 1. The van der Waals surface area contributed by atoms with Crippen molar-refractivity contribution in [2.75, 3.05) is 6.54 Å². The molecule has 112 valence electrons. The predicted molar refractivity (Wildman–Crippen MR) is 78.8 cm³/mol. The van der Waals surface area contributed by atoms with Crippen molar-refractivity contribution >= 4 is 29.1 Å². The van der Waals surface area contributed by atoms with E-state index in [1.54, 1.807) is 16.2 Å². The monoisotopic (exact) mass is 306 g/mol. The number of nitrogens with one attached hydrogen (secondary N) is 1. The van der Waals surface area contributed by atoms with Crippen LogP contribution in [0.2, 0.25) is 0 Å². The van der Waals surface area contributed by atoms with Gasteiger partial charge < -0.3 is 4.90 Å².